The Morgan fingerprint density at radius 1 is 1.25 bits per heavy atom. The second-order valence-electron chi connectivity index (χ2n) is 7.35. The van der Waals surface area contributed by atoms with E-state index in [2.05, 4.69) is 31.3 Å². The lowest BCUT2D eigenvalue weighted by Crippen LogP contribution is -2.33. The number of aromatic amines is 1. The Balaban J connectivity index is 1.38. The van der Waals surface area contributed by atoms with E-state index >= 15 is 0 Å². The van der Waals surface area contributed by atoms with Crippen molar-refractivity contribution < 1.29 is 18.7 Å². The molecule has 0 bridgehead atoms. The minimum Gasteiger partial charge on any atom is -0.442 e. The Morgan fingerprint density at radius 2 is 2.06 bits per heavy atom. The number of nitrogens with one attached hydrogen (secondary N) is 3. The van der Waals surface area contributed by atoms with Crippen LogP contribution in [0.3, 0.4) is 0 Å². The molecule has 10 nitrogen and oxygen atoms in total. The van der Waals surface area contributed by atoms with Crippen LogP contribution in [0.25, 0.3) is 11.1 Å². The highest BCUT2D eigenvalue weighted by Gasteiger charge is 2.32. The van der Waals surface area contributed by atoms with Gasteiger partial charge in [0.25, 0.3) is 0 Å². The molecule has 11 heteroatoms. The number of anilines is 1. The maximum Gasteiger partial charge on any atom is 0.414 e. The second-order valence-corrected chi connectivity index (χ2v) is 7.35. The van der Waals surface area contributed by atoms with E-state index in [1.165, 1.54) is 17.9 Å². The summed E-state index contributed by atoms with van der Waals surface area (Å²) in [4.78, 5) is 24.5. The number of cyclic esters (lactones) is 1. The van der Waals surface area contributed by atoms with Crippen molar-refractivity contribution in [3.8, 4) is 11.1 Å². The molecule has 0 spiro atoms. The van der Waals surface area contributed by atoms with E-state index in [0.717, 1.165) is 11.1 Å². The highest BCUT2D eigenvalue weighted by Crippen LogP contribution is 2.29. The van der Waals surface area contributed by atoms with Gasteiger partial charge in [0.05, 0.1) is 25.3 Å². The molecule has 1 aliphatic rings. The van der Waals surface area contributed by atoms with Crippen LogP contribution in [0, 0.1) is 5.82 Å². The Morgan fingerprint density at radius 3 is 2.75 bits per heavy atom. The first-order valence-corrected chi connectivity index (χ1v) is 10.0. The zero-order valence-electron chi connectivity index (χ0n) is 17.3. The van der Waals surface area contributed by atoms with Crippen molar-refractivity contribution in [2.75, 3.05) is 18.0 Å². The van der Waals surface area contributed by atoms with Crippen molar-refractivity contribution in [3.63, 3.8) is 0 Å². The summed E-state index contributed by atoms with van der Waals surface area (Å²) in [5.74, 6) is -0.0700. The van der Waals surface area contributed by atoms with Crippen molar-refractivity contribution in [3.05, 3.63) is 59.7 Å². The van der Waals surface area contributed by atoms with E-state index in [4.69, 9.17) is 4.74 Å². The van der Waals surface area contributed by atoms with Gasteiger partial charge in [0.15, 0.2) is 5.82 Å². The van der Waals surface area contributed by atoms with E-state index in [1.807, 2.05) is 24.3 Å². The SMILES string of the molecule is CC(=O)NC[C@H]1CN(c2ccc(-c3ccc(CNCc4nn[nH]n4)cc3)c(F)c2)C(=O)O1. The fraction of sp³-hybridized carbons (Fsp3) is 0.286. The number of benzene rings is 2. The van der Waals surface area contributed by atoms with Gasteiger partial charge in [-0.05, 0) is 29.3 Å². The summed E-state index contributed by atoms with van der Waals surface area (Å²) >= 11 is 0. The van der Waals surface area contributed by atoms with Crippen LogP contribution in [0.5, 0.6) is 0 Å². The number of hydrogen-bond acceptors (Lipinski definition) is 7. The predicted molar refractivity (Wildman–Crippen MR) is 113 cm³/mol. The van der Waals surface area contributed by atoms with Gasteiger partial charge in [0, 0.05) is 19.0 Å². The van der Waals surface area contributed by atoms with E-state index in [1.54, 1.807) is 12.1 Å². The lowest BCUT2D eigenvalue weighted by atomic mass is 10.0. The van der Waals surface area contributed by atoms with Crippen LogP contribution in [-0.4, -0.2) is 51.8 Å². The van der Waals surface area contributed by atoms with Crippen LogP contribution in [0.2, 0.25) is 0 Å². The van der Waals surface area contributed by atoms with E-state index in [9.17, 15) is 14.0 Å². The van der Waals surface area contributed by atoms with Crippen LogP contribution in [-0.2, 0) is 22.6 Å². The molecular weight excluding hydrogens is 417 g/mol. The number of ether oxygens (including phenoxy) is 1. The molecule has 166 valence electrons. The van der Waals surface area contributed by atoms with Crippen LogP contribution < -0.4 is 15.5 Å². The standard InChI is InChI=1S/C21H22FN7O3/c1-13(30)24-10-17-12-29(21(31)32-17)16-6-7-18(19(22)8-16)15-4-2-14(3-5-15)9-23-11-20-25-27-28-26-20/h2-8,17,23H,9-12H2,1H3,(H,24,30)(H,25,26,27,28)/t17-/m0/s1. The zero-order chi connectivity index (χ0) is 22.5. The summed E-state index contributed by atoms with van der Waals surface area (Å²) in [6, 6.07) is 12.2. The quantitative estimate of drug-likeness (QED) is 0.488. The molecule has 4 rings (SSSR count). The van der Waals surface area contributed by atoms with E-state index in [-0.39, 0.29) is 19.0 Å². The van der Waals surface area contributed by atoms with Gasteiger partial charge in [-0.25, -0.2) is 9.18 Å². The van der Waals surface area contributed by atoms with E-state index < -0.39 is 18.0 Å². The molecule has 3 N–H and O–H groups in total. The number of tetrazole rings is 1. The number of hydrogen-bond donors (Lipinski definition) is 3. The van der Waals surface area contributed by atoms with Crippen molar-refractivity contribution >= 4 is 17.7 Å². The van der Waals surface area contributed by atoms with Gasteiger partial charge in [-0.3, -0.25) is 9.69 Å². The van der Waals surface area contributed by atoms with Crippen LogP contribution in [0.1, 0.15) is 18.3 Å². The summed E-state index contributed by atoms with van der Waals surface area (Å²) in [6.45, 7) is 2.94. The molecule has 3 aromatic rings. The molecule has 0 saturated carbocycles. The van der Waals surface area contributed by atoms with Crippen LogP contribution >= 0.6 is 0 Å². The number of rotatable bonds is 8. The first kappa shape index (κ1) is 21.4. The lowest BCUT2D eigenvalue weighted by Gasteiger charge is -2.15. The van der Waals surface area contributed by atoms with Gasteiger partial charge >= 0.3 is 6.09 Å². The van der Waals surface area contributed by atoms with Crippen molar-refractivity contribution in [1.82, 2.24) is 31.3 Å². The molecule has 2 aromatic carbocycles. The molecule has 0 aliphatic carbocycles. The maximum absolute atomic E-state index is 14.9. The molecule has 0 radical (unpaired) electrons. The number of carbonyl (C=O) groups excluding carboxylic acids is 2. The first-order chi connectivity index (χ1) is 15.5. The minimum absolute atomic E-state index is 0.205. The zero-order valence-corrected chi connectivity index (χ0v) is 17.3. The lowest BCUT2D eigenvalue weighted by molar-refractivity contribution is -0.119. The monoisotopic (exact) mass is 439 g/mol. The number of carbonyl (C=O) groups is 2. The van der Waals surface area contributed by atoms with E-state index in [0.29, 0.717) is 30.2 Å². The molecular formula is C21H22FN7O3. The predicted octanol–water partition coefficient (Wildman–Crippen LogP) is 1.76. The van der Waals surface area contributed by atoms with Gasteiger partial charge in [-0.1, -0.05) is 29.5 Å². The Kier molecular flexibility index (Phi) is 6.36. The molecule has 1 aliphatic heterocycles. The van der Waals surface area contributed by atoms with Crippen LogP contribution in [0.4, 0.5) is 14.9 Å². The number of nitrogens with zero attached hydrogens (tertiary/aromatic N) is 4. The molecule has 1 fully saturated rings. The van der Waals surface area contributed by atoms with Crippen molar-refractivity contribution in [2.45, 2.75) is 26.1 Å². The summed E-state index contributed by atoms with van der Waals surface area (Å²) in [7, 11) is 0. The normalized spacial score (nSPS) is 15.6. The first-order valence-electron chi connectivity index (χ1n) is 10.0. The van der Waals surface area contributed by atoms with Crippen LogP contribution in [0.15, 0.2) is 42.5 Å². The fourth-order valence-electron chi connectivity index (χ4n) is 3.38. The van der Waals surface area contributed by atoms with Gasteiger partial charge in [0.1, 0.15) is 11.9 Å². The molecule has 32 heavy (non-hydrogen) atoms. The largest absolute Gasteiger partial charge is 0.442 e. The minimum atomic E-state index is -0.565. The Hall–Kier alpha value is -3.86. The highest BCUT2D eigenvalue weighted by atomic mass is 19.1. The Bertz CT molecular complexity index is 1090. The van der Waals surface area contributed by atoms with Gasteiger partial charge in [-0.2, -0.15) is 5.21 Å². The maximum atomic E-state index is 14.9. The Labute approximate surface area is 183 Å². The van der Waals surface area contributed by atoms with Crippen molar-refractivity contribution in [2.24, 2.45) is 0 Å². The molecule has 1 saturated heterocycles. The summed E-state index contributed by atoms with van der Waals surface area (Å²) in [5.41, 5.74) is 2.59. The third-order valence-electron chi connectivity index (χ3n) is 4.98. The second kappa shape index (κ2) is 9.52. The number of halogens is 1. The summed E-state index contributed by atoms with van der Waals surface area (Å²) in [6.07, 6.45) is -1.04. The molecule has 1 atom stereocenters. The third-order valence-corrected chi connectivity index (χ3v) is 4.98. The molecule has 2 heterocycles. The smallest absolute Gasteiger partial charge is 0.414 e. The number of amides is 2. The van der Waals surface area contributed by atoms with Gasteiger partial charge in [-0.15, -0.1) is 10.2 Å². The fourth-order valence-corrected chi connectivity index (χ4v) is 3.38. The summed E-state index contributed by atoms with van der Waals surface area (Å²) < 4.78 is 20.1. The highest BCUT2D eigenvalue weighted by molar-refractivity contribution is 5.90. The topological polar surface area (TPSA) is 125 Å². The molecule has 0 unspecified atom stereocenters. The number of aromatic nitrogens is 4. The molecule has 1 aromatic heterocycles. The number of H-pyrrole nitrogens is 1. The van der Waals surface area contributed by atoms with Crippen molar-refractivity contribution in [1.29, 1.82) is 0 Å². The average molecular weight is 439 g/mol. The summed E-state index contributed by atoms with van der Waals surface area (Å²) in [5, 5.41) is 19.5. The average Bonchev–Trinajstić information content (AvgIpc) is 3.42. The molecule has 2 amide bonds. The third kappa shape index (κ3) is 5.06. The van der Waals surface area contributed by atoms with Gasteiger partial charge < -0.3 is 15.4 Å². The van der Waals surface area contributed by atoms with Gasteiger partial charge in [0.2, 0.25) is 5.91 Å².